The average molecular weight is 253 g/mol. The summed E-state index contributed by atoms with van der Waals surface area (Å²) in [5, 5.41) is 6.41. The van der Waals surface area contributed by atoms with Crippen molar-refractivity contribution in [3.8, 4) is 0 Å². The van der Waals surface area contributed by atoms with Gasteiger partial charge >= 0.3 is 0 Å². The SMILES string of the molecule is COCCNc1nc(C)cc(NCCN(C)C)n1. The fourth-order valence-corrected chi connectivity index (χ4v) is 1.41. The van der Waals surface area contributed by atoms with Gasteiger partial charge in [-0.05, 0) is 21.0 Å². The predicted molar refractivity (Wildman–Crippen MR) is 74.2 cm³/mol. The maximum absolute atomic E-state index is 4.98. The lowest BCUT2D eigenvalue weighted by molar-refractivity contribution is 0.210. The Morgan fingerprint density at radius 1 is 1.22 bits per heavy atom. The summed E-state index contributed by atoms with van der Waals surface area (Å²) in [7, 11) is 5.77. The van der Waals surface area contributed by atoms with Crippen molar-refractivity contribution in [2.45, 2.75) is 6.92 Å². The molecule has 2 N–H and O–H groups in total. The second kappa shape index (κ2) is 7.84. The average Bonchev–Trinajstić information content (AvgIpc) is 2.28. The smallest absolute Gasteiger partial charge is 0.224 e. The Morgan fingerprint density at radius 2 is 2.00 bits per heavy atom. The summed E-state index contributed by atoms with van der Waals surface area (Å²) < 4.78 is 4.98. The van der Waals surface area contributed by atoms with Gasteiger partial charge in [0, 0.05) is 38.5 Å². The molecule has 0 aliphatic heterocycles. The van der Waals surface area contributed by atoms with Crippen molar-refractivity contribution in [2.24, 2.45) is 0 Å². The largest absolute Gasteiger partial charge is 0.383 e. The zero-order chi connectivity index (χ0) is 13.4. The summed E-state index contributed by atoms with van der Waals surface area (Å²) in [5.74, 6) is 1.49. The first-order valence-electron chi connectivity index (χ1n) is 6.09. The lowest BCUT2D eigenvalue weighted by Gasteiger charge is -2.12. The summed E-state index contributed by atoms with van der Waals surface area (Å²) in [4.78, 5) is 10.8. The monoisotopic (exact) mass is 253 g/mol. The summed E-state index contributed by atoms with van der Waals surface area (Å²) >= 11 is 0. The van der Waals surface area contributed by atoms with Gasteiger partial charge in [0.2, 0.25) is 5.95 Å². The Morgan fingerprint density at radius 3 is 2.67 bits per heavy atom. The molecule has 0 radical (unpaired) electrons. The van der Waals surface area contributed by atoms with E-state index in [9.17, 15) is 0 Å². The van der Waals surface area contributed by atoms with Gasteiger partial charge in [0.15, 0.2) is 0 Å². The maximum atomic E-state index is 4.98. The highest BCUT2D eigenvalue weighted by Gasteiger charge is 2.01. The molecule has 0 saturated heterocycles. The Labute approximate surface area is 109 Å². The van der Waals surface area contributed by atoms with E-state index < -0.39 is 0 Å². The second-order valence-corrected chi connectivity index (χ2v) is 4.37. The molecule has 0 fully saturated rings. The second-order valence-electron chi connectivity index (χ2n) is 4.37. The van der Waals surface area contributed by atoms with Crippen LogP contribution in [-0.4, -0.2) is 62.3 Å². The van der Waals surface area contributed by atoms with E-state index in [0.717, 1.165) is 24.6 Å². The van der Waals surface area contributed by atoms with Gasteiger partial charge in [-0.3, -0.25) is 0 Å². The standard InChI is InChI=1S/C12H23N5O/c1-10-9-11(13-5-7-17(2)3)16-12(15-10)14-6-8-18-4/h9H,5-8H2,1-4H3,(H2,13,14,15,16). The molecular weight excluding hydrogens is 230 g/mol. The quantitative estimate of drug-likeness (QED) is 0.669. The molecule has 102 valence electrons. The van der Waals surface area contributed by atoms with Crippen LogP contribution in [0.5, 0.6) is 0 Å². The van der Waals surface area contributed by atoms with E-state index in [1.54, 1.807) is 7.11 Å². The Hall–Kier alpha value is -1.40. The number of likely N-dealkylation sites (N-methyl/N-ethyl adjacent to an activating group) is 1. The van der Waals surface area contributed by atoms with Gasteiger partial charge in [-0.15, -0.1) is 0 Å². The highest BCUT2D eigenvalue weighted by molar-refractivity contribution is 5.42. The summed E-state index contributed by atoms with van der Waals surface area (Å²) in [6.45, 7) is 5.13. The minimum absolute atomic E-state index is 0.638. The third kappa shape index (κ3) is 5.79. The van der Waals surface area contributed by atoms with Crippen LogP contribution >= 0.6 is 0 Å². The molecule has 0 amide bonds. The van der Waals surface area contributed by atoms with Gasteiger partial charge in [0.05, 0.1) is 6.61 Å². The van der Waals surface area contributed by atoms with E-state index in [2.05, 4.69) is 25.5 Å². The lowest BCUT2D eigenvalue weighted by Crippen LogP contribution is -2.21. The van der Waals surface area contributed by atoms with Crippen molar-refractivity contribution in [3.05, 3.63) is 11.8 Å². The van der Waals surface area contributed by atoms with Crippen LogP contribution in [0.3, 0.4) is 0 Å². The van der Waals surface area contributed by atoms with Gasteiger partial charge in [-0.2, -0.15) is 4.98 Å². The summed E-state index contributed by atoms with van der Waals surface area (Å²) in [5.41, 5.74) is 0.942. The molecule has 6 nitrogen and oxygen atoms in total. The number of ether oxygens (including phenoxy) is 1. The zero-order valence-corrected chi connectivity index (χ0v) is 11.7. The molecule has 18 heavy (non-hydrogen) atoms. The Kier molecular flexibility index (Phi) is 6.38. The number of aryl methyl sites for hydroxylation is 1. The van der Waals surface area contributed by atoms with Crippen molar-refractivity contribution >= 4 is 11.8 Å². The number of aromatic nitrogens is 2. The first-order valence-corrected chi connectivity index (χ1v) is 6.09. The predicted octanol–water partition coefficient (Wildman–Crippen LogP) is 0.817. The fourth-order valence-electron chi connectivity index (χ4n) is 1.41. The normalized spacial score (nSPS) is 10.7. The number of methoxy groups -OCH3 is 1. The molecule has 1 aromatic heterocycles. The van der Waals surface area contributed by atoms with Crippen LogP contribution < -0.4 is 10.6 Å². The molecule has 1 heterocycles. The minimum Gasteiger partial charge on any atom is -0.383 e. The van der Waals surface area contributed by atoms with Crippen molar-refractivity contribution in [2.75, 3.05) is 58.1 Å². The van der Waals surface area contributed by atoms with Crippen molar-refractivity contribution in [1.82, 2.24) is 14.9 Å². The molecule has 0 bridgehead atoms. The first-order chi connectivity index (χ1) is 8.61. The molecule has 0 spiro atoms. The summed E-state index contributed by atoms with van der Waals surface area (Å²) in [6, 6.07) is 1.94. The third-order valence-electron chi connectivity index (χ3n) is 2.31. The van der Waals surface area contributed by atoms with Crippen LogP contribution in [0.15, 0.2) is 6.07 Å². The number of hydrogen-bond acceptors (Lipinski definition) is 6. The van der Waals surface area contributed by atoms with E-state index in [1.165, 1.54) is 0 Å². The Balaban J connectivity index is 2.51. The molecule has 0 aromatic carbocycles. The molecule has 6 heteroatoms. The van der Waals surface area contributed by atoms with Crippen LogP contribution in [0.2, 0.25) is 0 Å². The number of hydrogen-bond donors (Lipinski definition) is 2. The van der Waals surface area contributed by atoms with E-state index in [0.29, 0.717) is 19.1 Å². The zero-order valence-electron chi connectivity index (χ0n) is 11.7. The fraction of sp³-hybridized carbons (Fsp3) is 0.667. The number of nitrogens with zero attached hydrogens (tertiary/aromatic N) is 3. The summed E-state index contributed by atoms with van der Waals surface area (Å²) in [6.07, 6.45) is 0. The molecule has 0 aliphatic rings. The van der Waals surface area contributed by atoms with Crippen LogP contribution in [-0.2, 0) is 4.74 Å². The number of nitrogens with one attached hydrogen (secondary N) is 2. The number of rotatable bonds is 8. The minimum atomic E-state index is 0.638. The van der Waals surface area contributed by atoms with Crippen molar-refractivity contribution in [1.29, 1.82) is 0 Å². The molecule has 1 aromatic rings. The van der Waals surface area contributed by atoms with Gasteiger partial charge in [-0.25, -0.2) is 4.98 Å². The highest BCUT2D eigenvalue weighted by Crippen LogP contribution is 2.08. The van der Waals surface area contributed by atoms with Gasteiger partial charge in [-0.1, -0.05) is 0 Å². The molecule has 1 rings (SSSR count). The van der Waals surface area contributed by atoms with E-state index in [4.69, 9.17) is 4.74 Å². The molecular formula is C12H23N5O. The van der Waals surface area contributed by atoms with Crippen LogP contribution in [0.25, 0.3) is 0 Å². The van der Waals surface area contributed by atoms with Crippen LogP contribution in [0.1, 0.15) is 5.69 Å². The van der Waals surface area contributed by atoms with E-state index in [-0.39, 0.29) is 0 Å². The van der Waals surface area contributed by atoms with Gasteiger partial charge in [0.1, 0.15) is 5.82 Å². The van der Waals surface area contributed by atoms with E-state index >= 15 is 0 Å². The maximum Gasteiger partial charge on any atom is 0.224 e. The van der Waals surface area contributed by atoms with Crippen LogP contribution in [0, 0.1) is 6.92 Å². The van der Waals surface area contributed by atoms with Crippen molar-refractivity contribution < 1.29 is 4.74 Å². The van der Waals surface area contributed by atoms with Gasteiger partial charge in [0.25, 0.3) is 0 Å². The topological polar surface area (TPSA) is 62.3 Å². The number of anilines is 2. The third-order valence-corrected chi connectivity index (χ3v) is 2.31. The van der Waals surface area contributed by atoms with Gasteiger partial charge < -0.3 is 20.3 Å². The first kappa shape index (κ1) is 14.7. The van der Waals surface area contributed by atoms with E-state index in [1.807, 2.05) is 27.1 Å². The van der Waals surface area contributed by atoms with Crippen molar-refractivity contribution in [3.63, 3.8) is 0 Å². The van der Waals surface area contributed by atoms with Crippen LogP contribution in [0.4, 0.5) is 11.8 Å². The molecule has 0 saturated carbocycles. The lowest BCUT2D eigenvalue weighted by atomic mass is 10.4. The molecule has 0 atom stereocenters. The molecule has 0 aliphatic carbocycles. The highest BCUT2D eigenvalue weighted by atomic mass is 16.5. The molecule has 0 unspecified atom stereocenters. The Bertz CT molecular complexity index is 356.